The van der Waals surface area contributed by atoms with Crippen LogP contribution in [0.5, 0.6) is 0 Å². The van der Waals surface area contributed by atoms with Gasteiger partial charge in [-0.05, 0) is 25.1 Å². The van der Waals surface area contributed by atoms with Crippen LogP contribution < -0.4 is 0 Å². The monoisotopic (exact) mass is 327 g/mol. The second-order valence-corrected chi connectivity index (χ2v) is 4.64. The predicted octanol–water partition coefficient (Wildman–Crippen LogP) is 2.56. The smallest absolute Gasteiger partial charge is 0.378 e. The van der Waals surface area contributed by atoms with Crippen molar-refractivity contribution in [1.82, 2.24) is 14.8 Å². The fourth-order valence-corrected chi connectivity index (χ4v) is 1.93. The topological polar surface area (TPSA) is 57.0 Å². The molecule has 1 aromatic carbocycles. The minimum absolute atomic E-state index is 0.0845. The highest BCUT2D eigenvalue weighted by Crippen LogP contribution is 2.24. The Morgan fingerprint density at radius 1 is 1.53 bits per heavy atom. The number of carbonyl (C=O) groups excluding carboxylic acids is 1. The number of halogens is 2. The molecule has 0 saturated carbocycles. The molecule has 0 unspecified atom stereocenters. The van der Waals surface area contributed by atoms with Gasteiger partial charge >= 0.3 is 5.97 Å². The van der Waals surface area contributed by atoms with Crippen LogP contribution in [0, 0.1) is 5.82 Å². The number of aryl methyl sites for hydroxylation is 1. The number of benzene rings is 1. The summed E-state index contributed by atoms with van der Waals surface area (Å²) in [6.45, 7) is 1.92. The fourth-order valence-electron chi connectivity index (χ4n) is 1.57. The number of esters is 1. The highest BCUT2D eigenvalue weighted by molar-refractivity contribution is 9.10. The first-order valence-corrected chi connectivity index (χ1v) is 6.35. The van der Waals surface area contributed by atoms with Crippen LogP contribution in [0.4, 0.5) is 4.39 Å². The quantitative estimate of drug-likeness (QED) is 0.813. The van der Waals surface area contributed by atoms with Gasteiger partial charge in [0.05, 0.1) is 12.2 Å². The molecule has 2 aromatic rings. The third-order valence-electron chi connectivity index (χ3n) is 2.39. The van der Waals surface area contributed by atoms with E-state index in [1.165, 1.54) is 10.7 Å². The van der Waals surface area contributed by atoms with Gasteiger partial charge in [-0.1, -0.05) is 15.9 Å². The lowest BCUT2D eigenvalue weighted by atomic mass is 10.2. The van der Waals surface area contributed by atoms with Crippen LogP contribution in [0.25, 0.3) is 11.4 Å². The van der Waals surface area contributed by atoms with E-state index in [0.717, 1.165) is 0 Å². The summed E-state index contributed by atoms with van der Waals surface area (Å²) in [5.41, 5.74) is 0.264. The van der Waals surface area contributed by atoms with Crippen LogP contribution in [0.2, 0.25) is 0 Å². The van der Waals surface area contributed by atoms with Crippen LogP contribution in [-0.2, 0) is 11.8 Å². The van der Waals surface area contributed by atoms with Crippen molar-refractivity contribution < 1.29 is 13.9 Å². The molecule has 7 heteroatoms. The summed E-state index contributed by atoms with van der Waals surface area (Å²) in [5, 5.41) is 3.93. The summed E-state index contributed by atoms with van der Waals surface area (Å²) >= 11 is 3.26. The number of hydrogen-bond acceptors (Lipinski definition) is 4. The van der Waals surface area contributed by atoms with E-state index in [-0.39, 0.29) is 23.8 Å². The first-order valence-electron chi connectivity index (χ1n) is 5.56. The normalized spacial score (nSPS) is 10.5. The Morgan fingerprint density at radius 2 is 2.26 bits per heavy atom. The van der Waals surface area contributed by atoms with Gasteiger partial charge in [0.25, 0.3) is 5.82 Å². The lowest BCUT2D eigenvalue weighted by Crippen LogP contribution is -2.07. The lowest BCUT2D eigenvalue weighted by Gasteiger charge is -2.02. The molecule has 0 saturated heterocycles. The molecule has 100 valence electrons. The molecule has 19 heavy (non-hydrogen) atoms. The number of aromatic nitrogens is 3. The van der Waals surface area contributed by atoms with Crippen LogP contribution in [-0.4, -0.2) is 27.3 Å². The summed E-state index contributed by atoms with van der Waals surface area (Å²) in [4.78, 5) is 15.5. The summed E-state index contributed by atoms with van der Waals surface area (Å²) in [5.74, 6) is -0.880. The van der Waals surface area contributed by atoms with Crippen molar-refractivity contribution in [1.29, 1.82) is 0 Å². The van der Waals surface area contributed by atoms with E-state index in [1.54, 1.807) is 26.1 Å². The minimum atomic E-state index is -0.625. The number of rotatable bonds is 3. The van der Waals surface area contributed by atoms with Gasteiger partial charge in [0.1, 0.15) is 5.82 Å². The lowest BCUT2D eigenvalue weighted by molar-refractivity contribution is 0.0512. The zero-order valence-corrected chi connectivity index (χ0v) is 11.9. The van der Waals surface area contributed by atoms with Gasteiger partial charge in [-0.15, -0.1) is 5.10 Å². The van der Waals surface area contributed by atoms with Crippen molar-refractivity contribution in [2.24, 2.45) is 7.05 Å². The zero-order chi connectivity index (χ0) is 14.0. The average molecular weight is 328 g/mol. The second-order valence-electron chi connectivity index (χ2n) is 3.73. The molecule has 0 aliphatic carbocycles. The highest BCUT2D eigenvalue weighted by Gasteiger charge is 2.19. The van der Waals surface area contributed by atoms with Crippen molar-refractivity contribution >= 4 is 21.9 Å². The largest absolute Gasteiger partial charge is 0.460 e. The first kappa shape index (κ1) is 13.7. The van der Waals surface area contributed by atoms with Gasteiger partial charge in [0.2, 0.25) is 0 Å². The summed E-state index contributed by atoms with van der Waals surface area (Å²) in [6, 6.07) is 4.48. The molecule has 1 aromatic heterocycles. The zero-order valence-electron chi connectivity index (χ0n) is 10.4. The predicted molar refractivity (Wildman–Crippen MR) is 70.1 cm³/mol. The molecular weight excluding hydrogens is 317 g/mol. The Morgan fingerprint density at radius 3 is 2.95 bits per heavy atom. The summed E-state index contributed by atoms with van der Waals surface area (Å²) < 4.78 is 20.6. The maximum atomic E-state index is 13.8. The molecule has 1 heterocycles. The standard InChI is InChI=1S/C12H11BrFN3O2/c1-3-19-12(18)10-15-11(17(2)16-10)8-6-7(13)4-5-9(8)14/h4-6H,3H2,1-2H3. The molecule has 0 spiro atoms. The van der Waals surface area contributed by atoms with E-state index in [1.807, 2.05) is 0 Å². The maximum absolute atomic E-state index is 13.8. The molecular formula is C12H11BrFN3O2. The molecule has 0 radical (unpaired) electrons. The minimum Gasteiger partial charge on any atom is -0.460 e. The van der Waals surface area contributed by atoms with Crippen molar-refractivity contribution in [2.75, 3.05) is 6.61 Å². The Labute approximate surface area is 117 Å². The SMILES string of the molecule is CCOC(=O)c1nc(-c2cc(Br)ccc2F)n(C)n1. The van der Waals surface area contributed by atoms with Gasteiger partial charge in [-0.2, -0.15) is 0 Å². The number of hydrogen-bond donors (Lipinski definition) is 0. The van der Waals surface area contributed by atoms with Crippen molar-refractivity contribution in [3.63, 3.8) is 0 Å². The number of carbonyl (C=O) groups is 1. The Bertz CT molecular complexity index is 627. The Balaban J connectivity index is 2.46. The molecule has 0 aliphatic heterocycles. The molecule has 0 amide bonds. The molecule has 0 N–H and O–H groups in total. The van der Waals surface area contributed by atoms with Crippen LogP contribution in [0.15, 0.2) is 22.7 Å². The Kier molecular flexibility index (Phi) is 3.94. The van der Waals surface area contributed by atoms with E-state index in [2.05, 4.69) is 26.0 Å². The van der Waals surface area contributed by atoms with E-state index in [4.69, 9.17) is 4.74 Å². The van der Waals surface area contributed by atoms with Gasteiger partial charge in [0, 0.05) is 11.5 Å². The second kappa shape index (κ2) is 5.48. The third kappa shape index (κ3) is 2.81. The summed E-state index contributed by atoms with van der Waals surface area (Å²) in [6.07, 6.45) is 0. The van der Waals surface area contributed by atoms with Gasteiger partial charge < -0.3 is 4.74 Å². The highest BCUT2D eigenvalue weighted by atomic mass is 79.9. The maximum Gasteiger partial charge on any atom is 0.378 e. The van der Waals surface area contributed by atoms with Gasteiger partial charge in [-0.3, -0.25) is 0 Å². The molecule has 5 nitrogen and oxygen atoms in total. The number of ether oxygens (including phenoxy) is 1. The number of nitrogens with zero attached hydrogens (tertiary/aromatic N) is 3. The molecule has 0 atom stereocenters. The van der Waals surface area contributed by atoms with Crippen molar-refractivity contribution in [2.45, 2.75) is 6.92 Å². The summed E-state index contributed by atoms with van der Waals surface area (Å²) in [7, 11) is 1.59. The van der Waals surface area contributed by atoms with E-state index < -0.39 is 11.8 Å². The molecule has 2 rings (SSSR count). The van der Waals surface area contributed by atoms with Crippen LogP contribution >= 0.6 is 15.9 Å². The first-order chi connectivity index (χ1) is 9.02. The van der Waals surface area contributed by atoms with Crippen LogP contribution in [0.1, 0.15) is 17.5 Å². The average Bonchev–Trinajstić information content (AvgIpc) is 2.75. The van der Waals surface area contributed by atoms with Gasteiger partial charge in [0.15, 0.2) is 5.82 Å². The molecule has 0 fully saturated rings. The van der Waals surface area contributed by atoms with Gasteiger partial charge in [-0.25, -0.2) is 18.9 Å². The molecule has 0 aliphatic rings. The Hall–Kier alpha value is -1.76. The van der Waals surface area contributed by atoms with Crippen LogP contribution in [0.3, 0.4) is 0 Å². The van der Waals surface area contributed by atoms with E-state index in [0.29, 0.717) is 4.47 Å². The van der Waals surface area contributed by atoms with Crippen molar-refractivity contribution in [3.8, 4) is 11.4 Å². The van der Waals surface area contributed by atoms with Crippen molar-refractivity contribution in [3.05, 3.63) is 34.3 Å². The van der Waals surface area contributed by atoms with E-state index >= 15 is 0 Å². The third-order valence-corrected chi connectivity index (χ3v) is 2.88. The molecule has 0 bridgehead atoms. The fraction of sp³-hybridized carbons (Fsp3) is 0.250. The van der Waals surface area contributed by atoms with E-state index in [9.17, 15) is 9.18 Å².